The quantitative estimate of drug-likeness (QED) is 0.565. The monoisotopic (exact) mass is 371 g/mol. The highest BCUT2D eigenvalue weighted by Crippen LogP contribution is 2.38. The minimum absolute atomic E-state index is 0.0120. The van der Waals surface area contributed by atoms with E-state index in [2.05, 4.69) is 9.17 Å². The van der Waals surface area contributed by atoms with Gasteiger partial charge >= 0.3 is 18.3 Å². The van der Waals surface area contributed by atoms with Gasteiger partial charge in [0.05, 0.1) is 11.1 Å². The Morgan fingerprint density at radius 1 is 1.08 bits per heavy atom. The molecule has 24 heavy (non-hydrogen) atoms. The van der Waals surface area contributed by atoms with Crippen molar-refractivity contribution in [1.82, 2.24) is 4.98 Å². The molecule has 2 aromatic rings. The lowest BCUT2D eigenvalue weighted by Gasteiger charge is -2.13. The molecule has 1 aromatic heterocycles. The fraction of sp³-hybridized carbons (Fsp3) is 0.231. The van der Waals surface area contributed by atoms with Gasteiger partial charge in [-0.15, -0.1) is 0 Å². The summed E-state index contributed by atoms with van der Waals surface area (Å²) < 4.78 is 86.1. The minimum Gasteiger partial charge on any atom is -0.437 e. The Morgan fingerprint density at radius 2 is 1.62 bits per heavy atom. The van der Waals surface area contributed by atoms with Gasteiger partial charge in [0.2, 0.25) is 0 Å². The van der Waals surface area contributed by atoms with Crippen LogP contribution in [0.1, 0.15) is 18.1 Å². The Kier molecular flexibility index (Phi) is 4.83. The van der Waals surface area contributed by atoms with Gasteiger partial charge in [-0.05, 0) is 18.2 Å². The lowest BCUT2D eigenvalue weighted by Crippen LogP contribution is -2.11. The molecule has 130 valence electrons. The number of carbonyl (C=O) groups is 1. The summed E-state index contributed by atoms with van der Waals surface area (Å²) in [6.45, 7) is 1.10. The first-order valence-electron chi connectivity index (χ1n) is 6.07. The molecule has 1 heterocycles. The van der Waals surface area contributed by atoms with Crippen molar-refractivity contribution in [2.75, 3.05) is 0 Å². The number of rotatable bonds is 3. The van der Waals surface area contributed by atoms with Crippen LogP contribution in [0.5, 0.6) is 0 Å². The predicted molar refractivity (Wildman–Crippen MR) is 69.6 cm³/mol. The molecule has 0 spiro atoms. The number of hydrogen-bond acceptors (Lipinski definition) is 5. The van der Waals surface area contributed by atoms with Gasteiger partial charge in [-0.1, -0.05) is 0 Å². The third kappa shape index (κ3) is 4.43. The van der Waals surface area contributed by atoms with E-state index in [0.717, 1.165) is 13.2 Å². The van der Waals surface area contributed by atoms with E-state index in [1.807, 2.05) is 0 Å². The van der Waals surface area contributed by atoms with Crippen molar-refractivity contribution < 1.29 is 39.7 Å². The molecule has 1 aromatic carbocycles. The molecule has 0 fully saturated rings. The number of hydrogen-bond donors (Lipinski definition) is 0. The zero-order chi connectivity index (χ0) is 18.1. The van der Waals surface area contributed by atoms with E-state index in [4.69, 9.17) is 4.42 Å². The van der Waals surface area contributed by atoms with Gasteiger partial charge in [0.1, 0.15) is 12.0 Å². The van der Waals surface area contributed by atoms with Gasteiger partial charge in [-0.25, -0.2) is 4.98 Å². The molecule has 0 saturated heterocycles. The van der Waals surface area contributed by atoms with Crippen LogP contribution in [0.15, 0.2) is 34.1 Å². The van der Waals surface area contributed by atoms with E-state index in [9.17, 15) is 31.1 Å². The van der Waals surface area contributed by atoms with Crippen molar-refractivity contribution in [3.05, 3.63) is 35.6 Å². The molecule has 0 atom stereocenters. The van der Waals surface area contributed by atoms with Gasteiger partial charge in [0, 0.05) is 12.5 Å². The van der Waals surface area contributed by atoms with Crippen molar-refractivity contribution in [2.45, 2.75) is 24.5 Å². The number of carbonyl (C=O) groups excluding carboxylic acids is 1. The topological polar surface area (TPSA) is 52.3 Å². The highest BCUT2D eigenvalue weighted by atomic mass is 32.2. The Bertz CT molecular complexity index is 721. The molecular formula is C13H7F6NO3S. The fourth-order valence-corrected chi connectivity index (χ4v) is 2.04. The predicted octanol–water partition coefficient (Wildman–Crippen LogP) is 4.95. The number of halogens is 6. The van der Waals surface area contributed by atoms with E-state index in [1.54, 1.807) is 0 Å². The summed E-state index contributed by atoms with van der Waals surface area (Å²) in [6.07, 6.45) is -9.06. The average Bonchev–Trinajstić information content (AvgIpc) is 2.91. The third-order valence-corrected chi connectivity index (χ3v) is 3.24. The molecule has 0 aliphatic rings. The van der Waals surface area contributed by atoms with Crippen LogP contribution >= 0.6 is 12.0 Å². The first-order valence-corrected chi connectivity index (χ1v) is 6.81. The summed E-state index contributed by atoms with van der Waals surface area (Å²) in [6, 6.07) is 1.05. The molecule has 0 aliphatic carbocycles. The Hall–Kier alpha value is -2.17. The Labute approximate surface area is 135 Å². The molecule has 0 bridgehead atoms. The first kappa shape index (κ1) is 18.2. The summed E-state index contributed by atoms with van der Waals surface area (Å²) in [4.78, 5) is 14.3. The van der Waals surface area contributed by atoms with E-state index in [-0.39, 0.29) is 17.0 Å². The molecule has 0 amide bonds. The fourth-order valence-electron chi connectivity index (χ4n) is 1.63. The van der Waals surface area contributed by atoms with E-state index >= 15 is 0 Å². The molecular weight excluding hydrogens is 364 g/mol. The van der Waals surface area contributed by atoms with E-state index < -0.39 is 35.0 Å². The van der Waals surface area contributed by atoms with Crippen molar-refractivity contribution in [3.8, 4) is 11.3 Å². The normalized spacial score (nSPS) is 12.3. The number of nitrogens with zero attached hydrogens (tertiary/aromatic N) is 1. The van der Waals surface area contributed by atoms with Gasteiger partial charge in [-0.3, -0.25) is 4.79 Å². The number of aromatic nitrogens is 1. The molecule has 0 unspecified atom stereocenters. The lowest BCUT2D eigenvalue weighted by molar-refractivity contribution is -0.143. The van der Waals surface area contributed by atoms with Crippen LogP contribution in [0.25, 0.3) is 11.3 Å². The molecule has 0 N–H and O–H groups in total. The summed E-state index contributed by atoms with van der Waals surface area (Å²) in [5, 5.41) is -0.244. The zero-order valence-electron chi connectivity index (χ0n) is 11.7. The molecule has 2 rings (SSSR count). The SMILES string of the molecule is CC(=O)OSc1nc(-c2cc(C(F)(F)F)cc(C(F)(F)F)c2)co1. The lowest BCUT2D eigenvalue weighted by atomic mass is 10.0. The van der Waals surface area contributed by atoms with Crippen molar-refractivity contribution in [3.63, 3.8) is 0 Å². The third-order valence-electron chi connectivity index (χ3n) is 2.60. The van der Waals surface area contributed by atoms with Gasteiger partial charge in [0.15, 0.2) is 12.0 Å². The number of alkyl halides is 6. The first-order chi connectivity index (χ1) is 11.0. The smallest absolute Gasteiger partial charge is 0.416 e. The number of benzene rings is 1. The summed E-state index contributed by atoms with van der Waals surface area (Å²) in [5.41, 5.74) is -3.63. The summed E-state index contributed by atoms with van der Waals surface area (Å²) in [7, 11) is 0. The molecule has 0 saturated carbocycles. The van der Waals surface area contributed by atoms with E-state index in [1.165, 1.54) is 0 Å². The molecule has 0 aliphatic heterocycles. The standard InChI is InChI=1S/C13H7F6NO3S/c1-6(21)23-24-11-20-10(5-22-11)7-2-8(12(14,15)16)4-9(3-7)13(17,18)19/h2-5H,1H3. The van der Waals surface area contributed by atoms with Crippen molar-refractivity contribution >= 4 is 18.0 Å². The highest BCUT2D eigenvalue weighted by molar-refractivity contribution is 7.94. The molecule has 4 nitrogen and oxygen atoms in total. The molecule has 11 heteroatoms. The maximum Gasteiger partial charge on any atom is 0.416 e. The summed E-state index contributed by atoms with van der Waals surface area (Å²) >= 11 is 0.392. The largest absolute Gasteiger partial charge is 0.437 e. The second-order valence-corrected chi connectivity index (χ2v) is 5.13. The Balaban J connectivity index is 2.44. The van der Waals surface area contributed by atoms with Gasteiger partial charge in [0.25, 0.3) is 5.22 Å². The maximum atomic E-state index is 12.8. The van der Waals surface area contributed by atoms with Crippen LogP contribution in [0.3, 0.4) is 0 Å². The van der Waals surface area contributed by atoms with Crippen LogP contribution < -0.4 is 0 Å². The van der Waals surface area contributed by atoms with Crippen LogP contribution in [-0.4, -0.2) is 11.0 Å². The number of oxazole rings is 1. The summed E-state index contributed by atoms with van der Waals surface area (Å²) in [5.74, 6) is -0.682. The van der Waals surface area contributed by atoms with E-state index in [0.29, 0.717) is 24.2 Å². The maximum absolute atomic E-state index is 12.8. The van der Waals surface area contributed by atoms with Gasteiger partial charge in [-0.2, -0.15) is 26.3 Å². The second kappa shape index (κ2) is 6.38. The van der Waals surface area contributed by atoms with Crippen molar-refractivity contribution in [1.29, 1.82) is 0 Å². The molecule has 0 radical (unpaired) electrons. The van der Waals surface area contributed by atoms with Crippen molar-refractivity contribution in [2.24, 2.45) is 0 Å². The average molecular weight is 371 g/mol. The highest BCUT2D eigenvalue weighted by Gasteiger charge is 2.37. The van der Waals surface area contributed by atoms with Crippen LogP contribution in [-0.2, 0) is 21.3 Å². The second-order valence-electron chi connectivity index (χ2n) is 4.45. The zero-order valence-corrected chi connectivity index (χ0v) is 12.5. The van der Waals surface area contributed by atoms with Crippen LogP contribution in [0.4, 0.5) is 26.3 Å². The van der Waals surface area contributed by atoms with Gasteiger partial charge < -0.3 is 8.60 Å². The van der Waals surface area contributed by atoms with Crippen LogP contribution in [0.2, 0.25) is 0 Å². The minimum atomic E-state index is -4.96. The Morgan fingerprint density at radius 3 is 2.08 bits per heavy atom. The van der Waals surface area contributed by atoms with Crippen LogP contribution in [0, 0.1) is 0 Å².